The Balaban J connectivity index is 1.13. The van der Waals surface area contributed by atoms with Crippen molar-refractivity contribution in [3.63, 3.8) is 0 Å². The zero-order valence-corrected chi connectivity index (χ0v) is 16.8. The van der Waals surface area contributed by atoms with Crippen LogP contribution in [0.2, 0.25) is 0 Å². The second-order valence-electron chi connectivity index (χ2n) is 8.22. The van der Waals surface area contributed by atoms with Gasteiger partial charge in [0.05, 0.1) is 5.92 Å². The van der Waals surface area contributed by atoms with Gasteiger partial charge in [-0.15, -0.1) is 0 Å². The molecule has 0 bridgehead atoms. The van der Waals surface area contributed by atoms with E-state index in [-0.39, 0.29) is 17.7 Å². The van der Waals surface area contributed by atoms with Crippen molar-refractivity contribution in [2.75, 3.05) is 19.6 Å². The monoisotopic (exact) mass is 403 g/mol. The van der Waals surface area contributed by atoms with Gasteiger partial charge < -0.3 is 10.2 Å². The summed E-state index contributed by atoms with van der Waals surface area (Å²) in [7, 11) is 0. The highest BCUT2D eigenvalue weighted by molar-refractivity contribution is 5.93. The van der Waals surface area contributed by atoms with Crippen LogP contribution in [0.15, 0.2) is 48.8 Å². The molecule has 154 valence electrons. The Morgan fingerprint density at radius 3 is 2.77 bits per heavy atom. The van der Waals surface area contributed by atoms with Crippen molar-refractivity contribution in [3.8, 4) is 0 Å². The average Bonchev–Trinajstić information content (AvgIpc) is 3.42. The number of amides is 2. The molecule has 7 heteroatoms. The number of aryl methyl sites for hydroxylation is 1. The Morgan fingerprint density at radius 2 is 1.93 bits per heavy atom. The Bertz CT molecular complexity index is 1050. The van der Waals surface area contributed by atoms with Gasteiger partial charge in [-0.05, 0) is 48.8 Å². The van der Waals surface area contributed by atoms with Crippen molar-refractivity contribution in [2.24, 2.45) is 5.92 Å². The molecule has 3 heterocycles. The molecular formula is C23H25N5O2. The molecule has 2 aromatic heterocycles. The van der Waals surface area contributed by atoms with Crippen LogP contribution in [0, 0.1) is 5.92 Å². The van der Waals surface area contributed by atoms with E-state index in [1.54, 1.807) is 29.0 Å². The van der Waals surface area contributed by atoms with Gasteiger partial charge in [0.15, 0.2) is 11.3 Å². The number of rotatable bonds is 4. The number of piperidine rings is 1. The first-order chi connectivity index (χ1) is 14.7. The molecule has 1 aliphatic heterocycles. The van der Waals surface area contributed by atoms with E-state index >= 15 is 0 Å². The number of hydrogen-bond acceptors (Lipinski definition) is 4. The lowest BCUT2D eigenvalue weighted by Gasteiger charge is -2.33. The van der Waals surface area contributed by atoms with E-state index in [1.165, 1.54) is 11.1 Å². The van der Waals surface area contributed by atoms with Crippen molar-refractivity contribution in [1.29, 1.82) is 0 Å². The number of hydrogen-bond donors (Lipinski definition) is 1. The number of carbonyl (C=O) groups excluding carboxylic acids is 2. The first-order valence-electron chi connectivity index (χ1n) is 10.6. The van der Waals surface area contributed by atoms with E-state index in [4.69, 9.17) is 0 Å². The molecule has 30 heavy (non-hydrogen) atoms. The topological polar surface area (TPSA) is 79.6 Å². The molecule has 3 aromatic rings. The maximum atomic E-state index is 13.0. The summed E-state index contributed by atoms with van der Waals surface area (Å²) in [5.41, 5.74) is 3.55. The predicted octanol–water partition coefficient (Wildman–Crippen LogP) is 2.43. The van der Waals surface area contributed by atoms with Crippen LogP contribution in [0.3, 0.4) is 0 Å². The maximum absolute atomic E-state index is 13.0. The van der Waals surface area contributed by atoms with E-state index in [9.17, 15) is 9.59 Å². The van der Waals surface area contributed by atoms with E-state index in [2.05, 4.69) is 27.5 Å². The van der Waals surface area contributed by atoms with E-state index < -0.39 is 0 Å². The van der Waals surface area contributed by atoms with Gasteiger partial charge in [0, 0.05) is 38.1 Å². The third-order valence-corrected chi connectivity index (χ3v) is 6.38. The molecule has 0 radical (unpaired) electrons. The number of likely N-dealkylation sites (tertiary alicyclic amines) is 1. The minimum atomic E-state index is -0.179. The zero-order chi connectivity index (χ0) is 20.5. The smallest absolute Gasteiger partial charge is 0.271 e. The lowest BCUT2D eigenvalue weighted by Crippen LogP contribution is -2.43. The molecule has 0 saturated carbocycles. The predicted molar refractivity (Wildman–Crippen MR) is 112 cm³/mol. The SMILES string of the molecule is O=C(NCC1CCN(C(=O)C2CCc3ccccc32)CC1)c1cc2ncccn2n1. The molecule has 1 fully saturated rings. The number of benzene rings is 1. The number of nitrogens with one attached hydrogen (secondary N) is 1. The van der Waals surface area contributed by atoms with E-state index in [0.717, 1.165) is 38.8 Å². The fraction of sp³-hybridized carbons (Fsp3) is 0.391. The first-order valence-corrected chi connectivity index (χ1v) is 10.6. The molecular weight excluding hydrogens is 378 g/mol. The summed E-state index contributed by atoms with van der Waals surface area (Å²) >= 11 is 0. The van der Waals surface area contributed by atoms with Gasteiger partial charge in [-0.2, -0.15) is 5.10 Å². The summed E-state index contributed by atoms with van der Waals surface area (Å²) in [6, 6.07) is 11.8. The molecule has 1 unspecified atom stereocenters. The van der Waals surface area contributed by atoms with Gasteiger partial charge in [0.2, 0.25) is 5.91 Å². The van der Waals surface area contributed by atoms with Crippen LogP contribution < -0.4 is 5.32 Å². The number of carbonyl (C=O) groups is 2. The highest BCUT2D eigenvalue weighted by Crippen LogP contribution is 2.35. The lowest BCUT2D eigenvalue weighted by atomic mass is 9.94. The second-order valence-corrected chi connectivity index (χ2v) is 8.22. The van der Waals surface area contributed by atoms with Crippen molar-refractivity contribution < 1.29 is 9.59 Å². The summed E-state index contributed by atoms with van der Waals surface area (Å²) < 4.78 is 1.60. The van der Waals surface area contributed by atoms with Gasteiger partial charge in [-0.1, -0.05) is 24.3 Å². The molecule has 1 N–H and O–H groups in total. The summed E-state index contributed by atoms with van der Waals surface area (Å²) in [6.45, 7) is 2.13. The fourth-order valence-electron chi connectivity index (χ4n) is 4.66. The highest BCUT2D eigenvalue weighted by Gasteiger charge is 2.33. The molecule has 1 aliphatic carbocycles. The standard InChI is InChI=1S/C23H25N5O2/c29-22(20-14-21-24-10-3-11-28(21)26-20)25-15-16-8-12-27(13-9-16)23(30)19-7-6-17-4-1-2-5-18(17)19/h1-5,10-11,14,16,19H,6-9,12-13,15H2,(H,25,29). The highest BCUT2D eigenvalue weighted by atomic mass is 16.2. The second kappa shape index (κ2) is 7.89. The number of nitrogens with zero attached hydrogens (tertiary/aromatic N) is 4. The molecule has 1 atom stereocenters. The molecule has 0 spiro atoms. The third kappa shape index (κ3) is 3.56. The summed E-state index contributed by atoms with van der Waals surface area (Å²) in [5, 5.41) is 7.26. The lowest BCUT2D eigenvalue weighted by molar-refractivity contribution is -0.134. The Hall–Kier alpha value is -3.22. The van der Waals surface area contributed by atoms with Crippen LogP contribution in [0.1, 0.15) is 46.8 Å². The summed E-state index contributed by atoms with van der Waals surface area (Å²) in [5.74, 6) is 0.478. The van der Waals surface area contributed by atoms with Gasteiger partial charge >= 0.3 is 0 Å². The van der Waals surface area contributed by atoms with Gasteiger partial charge in [-0.25, -0.2) is 9.50 Å². The van der Waals surface area contributed by atoms with Crippen molar-refractivity contribution >= 4 is 17.5 Å². The minimum absolute atomic E-state index is 0.0149. The largest absolute Gasteiger partial charge is 0.350 e. The van der Waals surface area contributed by atoms with Crippen LogP contribution in [0.25, 0.3) is 5.65 Å². The molecule has 2 amide bonds. The molecule has 1 aromatic carbocycles. The van der Waals surface area contributed by atoms with E-state index in [1.807, 2.05) is 17.0 Å². The van der Waals surface area contributed by atoms with Crippen LogP contribution in [-0.2, 0) is 11.2 Å². The fourth-order valence-corrected chi connectivity index (χ4v) is 4.66. The minimum Gasteiger partial charge on any atom is -0.350 e. The Labute approximate surface area is 175 Å². The summed E-state index contributed by atoms with van der Waals surface area (Å²) in [4.78, 5) is 31.7. The molecule has 7 nitrogen and oxygen atoms in total. The Kier molecular flexibility index (Phi) is 4.94. The molecule has 1 saturated heterocycles. The number of fused-ring (bicyclic) bond motifs is 2. The number of aromatic nitrogens is 3. The van der Waals surface area contributed by atoms with Crippen molar-refractivity contribution in [1.82, 2.24) is 24.8 Å². The zero-order valence-electron chi connectivity index (χ0n) is 16.8. The first kappa shape index (κ1) is 18.8. The summed E-state index contributed by atoms with van der Waals surface area (Å²) in [6.07, 6.45) is 7.18. The van der Waals surface area contributed by atoms with Crippen LogP contribution >= 0.6 is 0 Å². The van der Waals surface area contributed by atoms with Gasteiger partial charge in [0.25, 0.3) is 5.91 Å². The Morgan fingerprint density at radius 1 is 1.10 bits per heavy atom. The quantitative estimate of drug-likeness (QED) is 0.726. The van der Waals surface area contributed by atoms with Gasteiger partial charge in [-0.3, -0.25) is 9.59 Å². The molecule has 2 aliphatic rings. The van der Waals surface area contributed by atoms with Gasteiger partial charge in [0.1, 0.15) is 0 Å². The molecule has 5 rings (SSSR count). The van der Waals surface area contributed by atoms with E-state index in [0.29, 0.717) is 23.8 Å². The van der Waals surface area contributed by atoms with Crippen molar-refractivity contribution in [3.05, 3.63) is 65.6 Å². The third-order valence-electron chi connectivity index (χ3n) is 6.38. The van der Waals surface area contributed by atoms with Crippen LogP contribution in [-0.4, -0.2) is 50.9 Å². The normalized spacial score (nSPS) is 19.1. The van der Waals surface area contributed by atoms with Crippen molar-refractivity contribution in [2.45, 2.75) is 31.6 Å². The maximum Gasteiger partial charge on any atom is 0.271 e. The van der Waals surface area contributed by atoms with Crippen LogP contribution in [0.5, 0.6) is 0 Å². The van der Waals surface area contributed by atoms with Crippen LogP contribution in [0.4, 0.5) is 0 Å². The average molecular weight is 403 g/mol.